The van der Waals surface area contributed by atoms with Crippen molar-refractivity contribution in [2.75, 3.05) is 7.11 Å². The van der Waals surface area contributed by atoms with Crippen LogP contribution in [0.3, 0.4) is 0 Å². The van der Waals surface area contributed by atoms with E-state index in [-0.39, 0.29) is 41.1 Å². The first-order valence-electron chi connectivity index (χ1n) is 8.99. The molecule has 3 rings (SSSR count). The fourth-order valence-electron chi connectivity index (χ4n) is 3.30. The third-order valence-corrected chi connectivity index (χ3v) is 5.17. The van der Waals surface area contributed by atoms with Crippen LogP contribution in [0.4, 0.5) is 0 Å². The van der Waals surface area contributed by atoms with Gasteiger partial charge in [-0.1, -0.05) is 25.4 Å². The molecule has 1 heterocycles. The van der Waals surface area contributed by atoms with Crippen molar-refractivity contribution in [3.63, 3.8) is 0 Å². The van der Waals surface area contributed by atoms with Crippen LogP contribution < -0.4 is 9.47 Å². The highest BCUT2D eigenvalue weighted by atomic mass is 35.5. The summed E-state index contributed by atoms with van der Waals surface area (Å²) in [4.78, 5) is 12.8. The normalized spacial score (nSPS) is 14.3. The van der Waals surface area contributed by atoms with Crippen molar-refractivity contribution in [3.8, 4) is 23.0 Å². The number of carbonyl (C=O) groups is 1. The number of phenolic OH excluding ortho intramolecular Hbond substituents is 1. The van der Waals surface area contributed by atoms with Gasteiger partial charge in [-0.15, -0.1) is 0 Å². The van der Waals surface area contributed by atoms with Crippen LogP contribution in [-0.2, 0) is 11.3 Å². The Bertz CT molecular complexity index is 922. The zero-order valence-electron chi connectivity index (χ0n) is 16.2. The average Bonchev–Trinajstić information content (AvgIpc) is 2.62. The molecular weight excluding hydrogens is 384 g/mol. The number of fused-ring (bicyclic) bond motifs is 2. The van der Waals surface area contributed by atoms with Gasteiger partial charge in [0.15, 0.2) is 11.5 Å². The number of hydrogen-bond donors (Lipinski definition) is 2. The van der Waals surface area contributed by atoms with E-state index in [4.69, 9.17) is 25.8 Å². The molecule has 6 nitrogen and oxygen atoms in total. The maximum Gasteiger partial charge on any atom is 0.346 e. The number of carbonyl (C=O) groups excluding carboxylic acids is 1. The Morgan fingerprint density at radius 2 is 2.04 bits per heavy atom. The number of rotatable bonds is 4. The lowest BCUT2D eigenvalue weighted by Gasteiger charge is -2.24. The van der Waals surface area contributed by atoms with Crippen molar-refractivity contribution >= 4 is 17.6 Å². The van der Waals surface area contributed by atoms with Crippen molar-refractivity contribution < 1.29 is 29.2 Å². The minimum atomic E-state index is -0.809. The predicted molar refractivity (Wildman–Crippen MR) is 104 cm³/mol. The number of methoxy groups -OCH3 is 1. The lowest BCUT2D eigenvalue weighted by molar-refractivity contribution is 0.0454. The lowest BCUT2D eigenvalue weighted by Crippen LogP contribution is -2.15. The summed E-state index contributed by atoms with van der Waals surface area (Å²) >= 11 is 6.32. The Morgan fingerprint density at radius 1 is 1.32 bits per heavy atom. The molecule has 0 fully saturated rings. The van der Waals surface area contributed by atoms with Crippen molar-refractivity contribution in [1.29, 1.82) is 0 Å². The van der Waals surface area contributed by atoms with Crippen LogP contribution in [0.25, 0.3) is 0 Å². The Labute approximate surface area is 168 Å². The molecule has 1 aliphatic heterocycles. The highest BCUT2D eigenvalue weighted by molar-refractivity contribution is 6.32. The number of benzene rings is 2. The van der Waals surface area contributed by atoms with Crippen molar-refractivity contribution in [2.24, 2.45) is 5.92 Å². The van der Waals surface area contributed by atoms with Crippen LogP contribution >= 0.6 is 11.6 Å². The van der Waals surface area contributed by atoms with E-state index in [1.807, 2.05) is 13.8 Å². The zero-order valence-corrected chi connectivity index (χ0v) is 17.0. The molecule has 0 aliphatic carbocycles. The number of aryl methyl sites for hydroxylation is 1. The summed E-state index contributed by atoms with van der Waals surface area (Å²) in [6.45, 7) is 5.56. The molecule has 0 amide bonds. The summed E-state index contributed by atoms with van der Waals surface area (Å²) in [6, 6.07) is 4.69. The monoisotopic (exact) mass is 406 g/mol. The number of aliphatic hydroxyl groups excluding tert-OH is 1. The molecule has 0 spiro atoms. The van der Waals surface area contributed by atoms with Gasteiger partial charge in [0.05, 0.1) is 23.8 Å². The summed E-state index contributed by atoms with van der Waals surface area (Å²) in [5.41, 5.74) is 1.57. The van der Waals surface area contributed by atoms with E-state index in [1.165, 1.54) is 13.2 Å². The molecule has 7 heteroatoms. The molecule has 0 saturated heterocycles. The molecule has 0 radical (unpaired) electrons. The van der Waals surface area contributed by atoms with Crippen LogP contribution in [-0.4, -0.2) is 23.3 Å². The number of phenols is 1. The molecule has 2 N–H and O–H groups in total. The van der Waals surface area contributed by atoms with Gasteiger partial charge in [0.25, 0.3) is 0 Å². The molecule has 2 aromatic rings. The molecular formula is C21H23ClO6. The Balaban J connectivity index is 2.16. The predicted octanol–water partition coefficient (Wildman–Crippen LogP) is 4.90. The molecule has 28 heavy (non-hydrogen) atoms. The molecule has 2 aromatic carbocycles. The second-order valence-corrected chi connectivity index (χ2v) is 7.60. The first-order chi connectivity index (χ1) is 13.2. The van der Waals surface area contributed by atoms with Crippen LogP contribution in [0.2, 0.25) is 5.02 Å². The SMILES string of the molecule is COc1c(C(O)CC(C)C)ccc2c1C(=O)OCc1c(Cl)c(C)cc(O)c1O2. The lowest BCUT2D eigenvalue weighted by atomic mass is 9.96. The van der Waals surface area contributed by atoms with Crippen LogP contribution in [0.15, 0.2) is 18.2 Å². The molecule has 0 aromatic heterocycles. The summed E-state index contributed by atoms with van der Waals surface area (Å²) < 4.78 is 16.7. The summed E-state index contributed by atoms with van der Waals surface area (Å²) in [5.74, 6) is -0.0480. The second kappa shape index (κ2) is 7.89. The van der Waals surface area contributed by atoms with E-state index in [2.05, 4.69) is 0 Å². The number of hydrogen-bond acceptors (Lipinski definition) is 6. The van der Waals surface area contributed by atoms with E-state index in [9.17, 15) is 15.0 Å². The van der Waals surface area contributed by atoms with Gasteiger partial charge in [-0.05, 0) is 43.0 Å². The smallest absolute Gasteiger partial charge is 0.346 e. The van der Waals surface area contributed by atoms with Gasteiger partial charge in [0, 0.05) is 5.56 Å². The highest BCUT2D eigenvalue weighted by Gasteiger charge is 2.30. The molecule has 0 bridgehead atoms. The van der Waals surface area contributed by atoms with Crippen LogP contribution in [0.1, 0.15) is 53.4 Å². The third-order valence-electron chi connectivity index (χ3n) is 4.64. The van der Waals surface area contributed by atoms with E-state index in [1.54, 1.807) is 19.1 Å². The molecule has 1 unspecified atom stereocenters. The number of aliphatic hydroxyl groups is 1. The summed E-state index contributed by atoms with van der Waals surface area (Å²) in [6.07, 6.45) is -0.305. The van der Waals surface area contributed by atoms with Gasteiger partial charge in [0.2, 0.25) is 0 Å². The summed E-state index contributed by atoms with van der Waals surface area (Å²) in [7, 11) is 1.42. The minimum absolute atomic E-state index is 0.0598. The first kappa shape index (κ1) is 20.3. The van der Waals surface area contributed by atoms with Gasteiger partial charge in [0.1, 0.15) is 23.7 Å². The topological polar surface area (TPSA) is 85.2 Å². The Kier molecular flexibility index (Phi) is 5.72. The molecule has 150 valence electrons. The van der Waals surface area contributed by atoms with Gasteiger partial charge in [-0.25, -0.2) is 4.79 Å². The molecule has 0 saturated carbocycles. The van der Waals surface area contributed by atoms with Crippen molar-refractivity contribution in [1.82, 2.24) is 0 Å². The van der Waals surface area contributed by atoms with E-state index >= 15 is 0 Å². The largest absolute Gasteiger partial charge is 0.504 e. The maximum absolute atomic E-state index is 12.8. The fraction of sp³-hybridized carbons (Fsp3) is 0.381. The van der Waals surface area contributed by atoms with Crippen LogP contribution in [0.5, 0.6) is 23.0 Å². The van der Waals surface area contributed by atoms with Gasteiger partial charge in [-0.3, -0.25) is 0 Å². The standard InChI is InChI=1S/C21H23ClO6/c1-10(2)7-14(23)12-5-6-16-17(20(12)26-4)21(25)27-9-13-18(22)11(3)8-15(24)19(13)28-16/h5-6,8,10,14,23-24H,7,9H2,1-4H3. The fourth-order valence-corrected chi connectivity index (χ4v) is 3.50. The van der Waals surface area contributed by atoms with E-state index in [0.29, 0.717) is 28.1 Å². The quantitative estimate of drug-likeness (QED) is 0.702. The van der Waals surface area contributed by atoms with Crippen molar-refractivity contribution in [2.45, 2.75) is 39.9 Å². The van der Waals surface area contributed by atoms with Crippen LogP contribution in [0, 0.1) is 12.8 Å². The van der Waals surface area contributed by atoms with Gasteiger partial charge in [-0.2, -0.15) is 0 Å². The second-order valence-electron chi connectivity index (χ2n) is 7.22. The Hall–Kier alpha value is -2.44. The number of aromatic hydroxyl groups is 1. The number of cyclic esters (lactones) is 1. The Morgan fingerprint density at radius 3 is 2.68 bits per heavy atom. The van der Waals surface area contributed by atoms with Crippen molar-refractivity contribution in [3.05, 3.63) is 45.5 Å². The number of halogens is 1. The summed E-state index contributed by atoms with van der Waals surface area (Å²) in [5, 5.41) is 21.3. The molecule has 1 atom stereocenters. The average molecular weight is 407 g/mol. The van der Waals surface area contributed by atoms with Gasteiger partial charge >= 0.3 is 5.97 Å². The maximum atomic E-state index is 12.8. The molecule has 1 aliphatic rings. The van der Waals surface area contributed by atoms with E-state index in [0.717, 1.165) is 0 Å². The van der Waals surface area contributed by atoms with Gasteiger partial charge < -0.3 is 24.4 Å². The number of esters is 1. The highest BCUT2D eigenvalue weighted by Crippen LogP contribution is 2.46. The number of ether oxygens (including phenoxy) is 3. The third kappa shape index (κ3) is 3.62. The van der Waals surface area contributed by atoms with E-state index < -0.39 is 12.1 Å². The zero-order chi connectivity index (χ0) is 20.6. The minimum Gasteiger partial charge on any atom is -0.504 e. The first-order valence-corrected chi connectivity index (χ1v) is 9.37.